The van der Waals surface area contributed by atoms with Crippen molar-refractivity contribution in [2.24, 2.45) is 0 Å². The van der Waals surface area contributed by atoms with Crippen molar-refractivity contribution < 1.29 is 12.9 Å². The molecule has 1 aliphatic heterocycles. The maximum atomic E-state index is 11.5. The molecular weight excluding hydrogens is 288 g/mol. The van der Waals surface area contributed by atoms with Crippen LogP contribution in [0.2, 0.25) is 0 Å². The molecular formula is C15H18N2O3S. The third-order valence-electron chi connectivity index (χ3n) is 3.86. The Balaban J connectivity index is 1.82. The summed E-state index contributed by atoms with van der Waals surface area (Å²) < 4.78 is 28.3. The van der Waals surface area contributed by atoms with Gasteiger partial charge < -0.3 is 4.52 Å². The summed E-state index contributed by atoms with van der Waals surface area (Å²) in [6.45, 7) is 4.28. The summed E-state index contributed by atoms with van der Waals surface area (Å²) in [7, 11) is -2.94. The van der Waals surface area contributed by atoms with Gasteiger partial charge in [0.25, 0.3) is 5.89 Å². The molecule has 2 heterocycles. The number of hydrogen-bond donors (Lipinski definition) is 0. The van der Waals surface area contributed by atoms with Gasteiger partial charge in [0.15, 0.2) is 15.7 Å². The second-order valence-electron chi connectivity index (χ2n) is 5.83. The second-order valence-corrected chi connectivity index (χ2v) is 8.06. The molecule has 5 nitrogen and oxygen atoms in total. The van der Waals surface area contributed by atoms with Crippen LogP contribution in [0.15, 0.2) is 28.8 Å². The summed E-state index contributed by atoms with van der Waals surface area (Å²) in [5.74, 6) is 1.62. The van der Waals surface area contributed by atoms with Crippen LogP contribution in [0.3, 0.4) is 0 Å². The van der Waals surface area contributed by atoms with Crippen molar-refractivity contribution in [3.8, 4) is 11.5 Å². The van der Waals surface area contributed by atoms with Gasteiger partial charge in [0, 0.05) is 11.5 Å². The van der Waals surface area contributed by atoms with Crippen molar-refractivity contribution in [3.05, 3.63) is 35.7 Å². The second kappa shape index (κ2) is 5.26. The zero-order valence-corrected chi connectivity index (χ0v) is 12.9. The van der Waals surface area contributed by atoms with Gasteiger partial charge in [-0.3, -0.25) is 0 Å². The first-order valence-corrected chi connectivity index (χ1v) is 8.91. The van der Waals surface area contributed by atoms with Gasteiger partial charge in [-0.15, -0.1) is 0 Å². The lowest BCUT2D eigenvalue weighted by Crippen LogP contribution is -2.05. The number of sulfone groups is 1. The van der Waals surface area contributed by atoms with Crippen molar-refractivity contribution in [2.45, 2.75) is 32.1 Å². The fourth-order valence-corrected chi connectivity index (χ4v) is 4.27. The molecule has 1 aliphatic rings. The van der Waals surface area contributed by atoms with Crippen LogP contribution in [0.25, 0.3) is 11.5 Å². The van der Waals surface area contributed by atoms with Gasteiger partial charge in [-0.05, 0) is 30.0 Å². The van der Waals surface area contributed by atoms with Crippen LogP contribution in [0.4, 0.5) is 0 Å². The molecule has 0 radical (unpaired) electrons. The molecule has 1 saturated heterocycles. The van der Waals surface area contributed by atoms with E-state index in [1.807, 2.05) is 24.3 Å². The van der Waals surface area contributed by atoms with E-state index in [-0.39, 0.29) is 17.4 Å². The van der Waals surface area contributed by atoms with E-state index in [1.165, 1.54) is 5.56 Å². The topological polar surface area (TPSA) is 73.1 Å². The van der Waals surface area contributed by atoms with Crippen LogP contribution in [0.1, 0.15) is 43.5 Å². The minimum atomic E-state index is -2.94. The molecule has 0 aliphatic carbocycles. The van der Waals surface area contributed by atoms with E-state index in [9.17, 15) is 8.42 Å². The van der Waals surface area contributed by atoms with Crippen molar-refractivity contribution >= 4 is 9.84 Å². The van der Waals surface area contributed by atoms with E-state index in [4.69, 9.17) is 4.52 Å². The molecule has 1 aromatic heterocycles. The summed E-state index contributed by atoms with van der Waals surface area (Å²) in [6, 6.07) is 8.00. The fourth-order valence-electron chi connectivity index (χ4n) is 2.53. The van der Waals surface area contributed by atoms with Gasteiger partial charge in [-0.25, -0.2) is 8.42 Å². The van der Waals surface area contributed by atoms with Crippen LogP contribution in [-0.4, -0.2) is 30.1 Å². The standard InChI is InChI=1S/C15H18N2O3S/c1-10(2)11-3-5-12(6-4-11)15-16-14(17-20-15)13-7-8-21(18,19)9-13/h3-6,10,13H,7-9H2,1-2H3. The molecule has 0 bridgehead atoms. The largest absolute Gasteiger partial charge is 0.334 e. The zero-order valence-electron chi connectivity index (χ0n) is 12.1. The molecule has 3 rings (SSSR count). The number of nitrogens with zero attached hydrogens (tertiary/aromatic N) is 2. The van der Waals surface area contributed by atoms with E-state index in [0.29, 0.717) is 24.1 Å². The molecule has 1 unspecified atom stereocenters. The van der Waals surface area contributed by atoms with Crippen LogP contribution < -0.4 is 0 Å². The van der Waals surface area contributed by atoms with Gasteiger partial charge in [0.05, 0.1) is 11.5 Å². The highest BCUT2D eigenvalue weighted by Crippen LogP contribution is 2.29. The Kier molecular flexibility index (Phi) is 3.57. The maximum absolute atomic E-state index is 11.5. The van der Waals surface area contributed by atoms with Gasteiger partial charge in [0.1, 0.15) is 0 Å². The Hall–Kier alpha value is -1.69. The average molecular weight is 306 g/mol. The summed E-state index contributed by atoms with van der Waals surface area (Å²) in [6.07, 6.45) is 0.577. The number of benzene rings is 1. The van der Waals surface area contributed by atoms with Crippen molar-refractivity contribution in [3.63, 3.8) is 0 Å². The molecule has 112 valence electrons. The monoisotopic (exact) mass is 306 g/mol. The lowest BCUT2D eigenvalue weighted by Gasteiger charge is -2.04. The molecule has 0 spiro atoms. The zero-order chi connectivity index (χ0) is 15.0. The Labute approximate surface area is 124 Å². The van der Waals surface area contributed by atoms with Crippen LogP contribution in [0, 0.1) is 0 Å². The quantitative estimate of drug-likeness (QED) is 0.871. The van der Waals surface area contributed by atoms with Crippen molar-refractivity contribution in [1.82, 2.24) is 10.1 Å². The summed E-state index contributed by atoms with van der Waals surface area (Å²) in [4.78, 5) is 4.36. The molecule has 1 atom stereocenters. The third-order valence-corrected chi connectivity index (χ3v) is 5.63. The molecule has 1 fully saturated rings. The van der Waals surface area contributed by atoms with Crippen molar-refractivity contribution in [1.29, 1.82) is 0 Å². The molecule has 0 N–H and O–H groups in total. The predicted octanol–water partition coefficient (Wildman–Crippen LogP) is 2.76. The Morgan fingerprint density at radius 1 is 1.24 bits per heavy atom. The van der Waals surface area contributed by atoms with E-state index in [2.05, 4.69) is 24.0 Å². The molecule has 2 aromatic rings. The number of rotatable bonds is 3. The molecule has 0 amide bonds. The van der Waals surface area contributed by atoms with E-state index in [1.54, 1.807) is 0 Å². The normalized spacial score (nSPS) is 21.0. The van der Waals surface area contributed by atoms with E-state index < -0.39 is 9.84 Å². The molecule has 6 heteroatoms. The summed E-state index contributed by atoms with van der Waals surface area (Å²) in [5.41, 5.74) is 2.11. The lowest BCUT2D eigenvalue weighted by atomic mass is 10.0. The lowest BCUT2D eigenvalue weighted by molar-refractivity contribution is 0.418. The maximum Gasteiger partial charge on any atom is 0.257 e. The highest BCUT2D eigenvalue weighted by atomic mass is 32.2. The first kappa shape index (κ1) is 14.3. The minimum absolute atomic E-state index is 0.123. The van der Waals surface area contributed by atoms with Gasteiger partial charge in [-0.2, -0.15) is 4.98 Å². The average Bonchev–Trinajstić information content (AvgIpc) is 3.05. The van der Waals surface area contributed by atoms with E-state index in [0.717, 1.165) is 5.56 Å². The van der Waals surface area contributed by atoms with Crippen LogP contribution in [0.5, 0.6) is 0 Å². The highest BCUT2D eigenvalue weighted by molar-refractivity contribution is 7.91. The first-order valence-electron chi connectivity index (χ1n) is 7.09. The van der Waals surface area contributed by atoms with Gasteiger partial charge in [0.2, 0.25) is 0 Å². The SMILES string of the molecule is CC(C)c1ccc(-c2nc(C3CCS(=O)(=O)C3)no2)cc1. The summed E-state index contributed by atoms with van der Waals surface area (Å²) >= 11 is 0. The first-order chi connectivity index (χ1) is 9.94. The third kappa shape index (κ3) is 3.00. The Morgan fingerprint density at radius 3 is 2.52 bits per heavy atom. The highest BCUT2D eigenvalue weighted by Gasteiger charge is 2.32. The Morgan fingerprint density at radius 2 is 1.95 bits per heavy atom. The molecule has 1 aromatic carbocycles. The van der Waals surface area contributed by atoms with Crippen molar-refractivity contribution in [2.75, 3.05) is 11.5 Å². The molecule has 0 saturated carbocycles. The summed E-state index contributed by atoms with van der Waals surface area (Å²) in [5, 5.41) is 3.95. The van der Waals surface area contributed by atoms with Gasteiger partial charge >= 0.3 is 0 Å². The van der Waals surface area contributed by atoms with Gasteiger partial charge in [-0.1, -0.05) is 31.1 Å². The Bertz CT molecular complexity index is 733. The fraction of sp³-hybridized carbons (Fsp3) is 0.467. The predicted molar refractivity (Wildman–Crippen MR) is 79.8 cm³/mol. The minimum Gasteiger partial charge on any atom is -0.334 e. The number of hydrogen-bond acceptors (Lipinski definition) is 5. The van der Waals surface area contributed by atoms with Crippen LogP contribution in [-0.2, 0) is 9.84 Å². The smallest absolute Gasteiger partial charge is 0.257 e. The van der Waals surface area contributed by atoms with E-state index >= 15 is 0 Å². The number of aromatic nitrogens is 2. The molecule has 21 heavy (non-hydrogen) atoms. The van der Waals surface area contributed by atoms with Crippen LogP contribution >= 0.6 is 0 Å².